The zero-order chi connectivity index (χ0) is 14.2. The Morgan fingerprint density at radius 3 is 2.40 bits per heavy atom. The highest BCUT2D eigenvalue weighted by molar-refractivity contribution is 5.11. The molecule has 0 unspecified atom stereocenters. The molecule has 3 aliphatic carbocycles. The lowest BCUT2D eigenvalue weighted by Crippen LogP contribution is -2.91. The maximum Gasteiger partial charge on any atom is 0.0995 e. The summed E-state index contributed by atoms with van der Waals surface area (Å²) in [5.41, 5.74) is 0.924. The van der Waals surface area contributed by atoms with Crippen molar-refractivity contribution in [1.29, 1.82) is 0 Å². The highest BCUT2D eigenvalue weighted by Gasteiger charge is 2.61. The van der Waals surface area contributed by atoms with Crippen LogP contribution < -0.4 is 5.32 Å². The van der Waals surface area contributed by atoms with Crippen molar-refractivity contribution >= 4 is 0 Å². The molecule has 2 N–H and O–H groups in total. The first-order valence-corrected chi connectivity index (χ1v) is 8.99. The number of hydrogen-bond donors (Lipinski definition) is 1. The minimum atomic E-state index is 0.433. The second-order valence-corrected chi connectivity index (χ2v) is 8.39. The van der Waals surface area contributed by atoms with E-state index < -0.39 is 0 Å². The third kappa shape index (κ3) is 2.43. The molecule has 3 saturated carbocycles. The number of fused-ring (bicyclic) bond motifs is 2. The Morgan fingerprint density at radius 2 is 1.80 bits per heavy atom. The summed E-state index contributed by atoms with van der Waals surface area (Å²) in [4.78, 5) is 0. The molecule has 0 spiro atoms. The Morgan fingerprint density at radius 1 is 1.05 bits per heavy atom. The summed E-state index contributed by atoms with van der Waals surface area (Å²) in [7, 11) is 0. The van der Waals surface area contributed by atoms with E-state index >= 15 is 0 Å². The first-order chi connectivity index (χ1) is 9.54. The van der Waals surface area contributed by atoms with Crippen molar-refractivity contribution in [2.45, 2.75) is 84.3 Å². The monoisotopic (exact) mass is 280 g/mol. The number of hydrogen-bond acceptors (Lipinski definition) is 1. The largest absolute Gasteiger partial charge is 0.372 e. The summed E-state index contributed by atoms with van der Waals surface area (Å²) >= 11 is 0. The summed E-state index contributed by atoms with van der Waals surface area (Å²) in [6.07, 6.45) is 11.8. The highest BCUT2D eigenvalue weighted by atomic mass is 16.5. The molecule has 2 heteroatoms. The van der Waals surface area contributed by atoms with Crippen molar-refractivity contribution in [3.63, 3.8) is 0 Å². The number of ether oxygens (including phenoxy) is 1. The van der Waals surface area contributed by atoms with Gasteiger partial charge in [0.1, 0.15) is 0 Å². The van der Waals surface area contributed by atoms with Crippen LogP contribution in [0.1, 0.15) is 72.1 Å². The Kier molecular flexibility index (Phi) is 4.16. The van der Waals surface area contributed by atoms with Crippen LogP contribution in [0.4, 0.5) is 0 Å². The van der Waals surface area contributed by atoms with Crippen LogP contribution in [0.25, 0.3) is 0 Å². The van der Waals surface area contributed by atoms with Crippen molar-refractivity contribution in [1.82, 2.24) is 0 Å². The Balaban J connectivity index is 1.41. The van der Waals surface area contributed by atoms with Crippen LogP contribution in [0.15, 0.2) is 0 Å². The predicted octanol–water partition coefficient (Wildman–Crippen LogP) is 3.11. The average molecular weight is 280 g/mol. The number of quaternary nitrogens is 1. The molecule has 2 bridgehead atoms. The van der Waals surface area contributed by atoms with Crippen LogP contribution in [0.3, 0.4) is 0 Å². The molecule has 0 amide bonds. The Hall–Kier alpha value is -0.0800. The van der Waals surface area contributed by atoms with E-state index in [-0.39, 0.29) is 0 Å². The molecule has 3 rings (SSSR count). The van der Waals surface area contributed by atoms with Crippen LogP contribution in [-0.4, -0.2) is 25.3 Å². The molecule has 0 heterocycles. The SMILES string of the molecule is CC1(C)[C@H]2CC[C@]1(C)[C@@H](OCC[NH2+]C1CCCCC1)C2. The van der Waals surface area contributed by atoms with E-state index in [2.05, 4.69) is 26.1 Å². The fourth-order valence-corrected chi connectivity index (χ4v) is 5.27. The number of rotatable bonds is 5. The quantitative estimate of drug-likeness (QED) is 0.769. The topological polar surface area (TPSA) is 25.8 Å². The summed E-state index contributed by atoms with van der Waals surface area (Å²) in [6.45, 7) is 9.56. The van der Waals surface area contributed by atoms with E-state index in [0.717, 1.165) is 18.6 Å². The number of nitrogens with two attached hydrogens (primary N) is 1. The summed E-state index contributed by atoms with van der Waals surface area (Å²) < 4.78 is 6.34. The normalized spacial score (nSPS) is 40.4. The highest BCUT2D eigenvalue weighted by Crippen LogP contribution is 2.66. The fourth-order valence-electron chi connectivity index (χ4n) is 5.27. The van der Waals surface area contributed by atoms with E-state index in [1.165, 1.54) is 57.9 Å². The van der Waals surface area contributed by atoms with E-state index in [9.17, 15) is 0 Å². The van der Waals surface area contributed by atoms with Gasteiger partial charge in [-0.3, -0.25) is 0 Å². The van der Waals surface area contributed by atoms with E-state index in [4.69, 9.17) is 4.74 Å². The van der Waals surface area contributed by atoms with E-state index in [1.807, 2.05) is 0 Å². The third-order valence-electron chi connectivity index (χ3n) is 7.30. The molecule has 0 aromatic rings. The first kappa shape index (κ1) is 14.8. The summed E-state index contributed by atoms with van der Waals surface area (Å²) in [6, 6.07) is 0.888. The second-order valence-electron chi connectivity index (χ2n) is 8.39. The molecule has 0 radical (unpaired) electrons. The van der Waals surface area contributed by atoms with Crippen molar-refractivity contribution in [2.75, 3.05) is 13.2 Å². The van der Waals surface area contributed by atoms with Crippen molar-refractivity contribution in [3.8, 4) is 0 Å². The van der Waals surface area contributed by atoms with Gasteiger partial charge >= 0.3 is 0 Å². The second kappa shape index (κ2) is 5.61. The zero-order valence-electron chi connectivity index (χ0n) is 13.8. The molecular weight excluding hydrogens is 246 g/mol. The van der Waals surface area contributed by atoms with Gasteiger partial charge in [-0.1, -0.05) is 27.2 Å². The van der Waals surface area contributed by atoms with Gasteiger partial charge < -0.3 is 10.1 Å². The molecule has 20 heavy (non-hydrogen) atoms. The van der Waals surface area contributed by atoms with Gasteiger partial charge in [-0.2, -0.15) is 0 Å². The Labute approximate surface area is 125 Å². The molecule has 3 fully saturated rings. The minimum Gasteiger partial charge on any atom is -0.372 e. The minimum absolute atomic E-state index is 0.433. The predicted molar refractivity (Wildman–Crippen MR) is 82.6 cm³/mol. The smallest absolute Gasteiger partial charge is 0.0995 e. The molecule has 3 atom stereocenters. The van der Waals surface area contributed by atoms with Crippen molar-refractivity contribution < 1.29 is 10.1 Å². The summed E-state index contributed by atoms with van der Waals surface area (Å²) in [5, 5.41) is 2.56. The molecule has 0 aromatic heterocycles. The van der Waals surface area contributed by atoms with Crippen LogP contribution in [0.5, 0.6) is 0 Å². The van der Waals surface area contributed by atoms with Crippen LogP contribution in [0.2, 0.25) is 0 Å². The molecule has 0 aliphatic heterocycles. The zero-order valence-corrected chi connectivity index (χ0v) is 13.8. The average Bonchev–Trinajstić information content (AvgIpc) is 2.78. The van der Waals surface area contributed by atoms with E-state index in [0.29, 0.717) is 16.9 Å². The molecule has 2 nitrogen and oxygen atoms in total. The van der Waals surface area contributed by atoms with Crippen molar-refractivity contribution in [3.05, 3.63) is 0 Å². The van der Waals surface area contributed by atoms with Crippen LogP contribution >= 0.6 is 0 Å². The summed E-state index contributed by atoms with van der Waals surface area (Å²) in [5.74, 6) is 0.903. The van der Waals surface area contributed by atoms with Gasteiger partial charge in [-0.15, -0.1) is 0 Å². The molecule has 0 saturated heterocycles. The van der Waals surface area contributed by atoms with Crippen LogP contribution in [-0.2, 0) is 4.74 Å². The van der Waals surface area contributed by atoms with Gasteiger partial charge in [0.05, 0.1) is 25.3 Å². The lowest BCUT2D eigenvalue weighted by molar-refractivity contribution is -0.693. The van der Waals surface area contributed by atoms with E-state index in [1.54, 1.807) is 0 Å². The Bertz CT molecular complexity index is 334. The lowest BCUT2D eigenvalue weighted by atomic mass is 9.70. The van der Waals surface area contributed by atoms with Gasteiger partial charge in [-0.05, 0) is 61.7 Å². The van der Waals surface area contributed by atoms with Gasteiger partial charge in [0.15, 0.2) is 0 Å². The van der Waals surface area contributed by atoms with Gasteiger partial charge in [0.2, 0.25) is 0 Å². The van der Waals surface area contributed by atoms with Gasteiger partial charge in [-0.25, -0.2) is 0 Å². The lowest BCUT2D eigenvalue weighted by Gasteiger charge is -2.38. The van der Waals surface area contributed by atoms with Crippen LogP contribution in [0, 0.1) is 16.7 Å². The molecule has 0 aromatic carbocycles. The van der Waals surface area contributed by atoms with Gasteiger partial charge in [0.25, 0.3) is 0 Å². The third-order valence-corrected chi connectivity index (χ3v) is 7.30. The van der Waals surface area contributed by atoms with Crippen molar-refractivity contribution in [2.24, 2.45) is 16.7 Å². The van der Waals surface area contributed by atoms with Gasteiger partial charge in [0, 0.05) is 0 Å². The standard InChI is InChI=1S/C18H33NO/c1-17(2)14-9-10-18(17,3)16(13-14)20-12-11-19-15-7-5-4-6-8-15/h14-16,19H,4-13H2,1-3H3/p+1/t14-,16-,18+/m0/s1. The molecular formula is C18H34NO+. The maximum atomic E-state index is 6.34. The molecule has 3 aliphatic rings. The first-order valence-electron chi connectivity index (χ1n) is 8.99. The molecule has 116 valence electrons. The fraction of sp³-hybridized carbons (Fsp3) is 1.00. The maximum absolute atomic E-state index is 6.34.